The summed E-state index contributed by atoms with van der Waals surface area (Å²) < 4.78 is 39.7. The van der Waals surface area contributed by atoms with Gasteiger partial charge in [0.1, 0.15) is 0 Å². The van der Waals surface area contributed by atoms with Gasteiger partial charge in [-0.2, -0.15) is 13.2 Å². The third kappa shape index (κ3) is 4.42. The molecule has 1 amide bonds. The van der Waals surface area contributed by atoms with Crippen molar-refractivity contribution in [3.63, 3.8) is 0 Å². The van der Waals surface area contributed by atoms with E-state index in [0.717, 1.165) is 28.7 Å². The van der Waals surface area contributed by atoms with Gasteiger partial charge in [-0.25, -0.2) is 4.79 Å². The van der Waals surface area contributed by atoms with Crippen molar-refractivity contribution in [3.05, 3.63) is 82.3 Å². The molecule has 0 saturated heterocycles. The first kappa shape index (κ1) is 21.0. The van der Waals surface area contributed by atoms with Crippen molar-refractivity contribution in [2.24, 2.45) is 0 Å². The maximum Gasteiger partial charge on any atom is 0.416 e. The molecule has 162 valence electrons. The number of benzene rings is 2. The van der Waals surface area contributed by atoms with Gasteiger partial charge in [-0.1, -0.05) is 36.4 Å². The second-order valence-corrected chi connectivity index (χ2v) is 7.91. The predicted octanol–water partition coefficient (Wildman–Crippen LogP) is 4.36. The highest BCUT2D eigenvalue weighted by atomic mass is 19.4. The third-order valence-electron chi connectivity index (χ3n) is 5.72. The van der Waals surface area contributed by atoms with Gasteiger partial charge in [-0.3, -0.25) is 9.36 Å². The second-order valence-electron chi connectivity index (χ2n) is 7.91. The van der Waals surface area contributed by atoms with Crippen LogP contribution in [0.3, 0.4) is 0 Å². The van der Waals surface area contributed by atoms with Gasteiger partial charge < -0.3 is 10.3 Å². The highest BCUT2D eigenvalue weighted by Gasteiger charge is 2.30. The first-order valence-corrected chi connectivity index (χ1v) is 10.0. The number of aromatic nitrogens is 2. The Bertz CT molecular complexity index is 1180. The quantitative estimate of drug-likeness (QED) is 0.606. The number of halogens is 3. The number of amides is 1. The molecule has 2 N–H and O–H groups in total. The number of carbonyl (C=O) groups is 1. The summed E-state index contributed by atoms with van der Waals surface area (Å²) in [5.41, 5.74) is 2.05. The van der Waals surface area contributed by atoms with Gasteiger partial charge in [0, 0.05) is 6.04 Å². The number of hydrogen-bond acceptors (Lipinski definition) is 2. The van der Waals surface area contributed by atoms with E-state index in [2.05, 4.69) is 16.9 Å². The normalized spacial score (nSPS) is 19.5. The van der Waals surface area contributed by atoms with Crippen molar-refractivity contribution in [3.8, 4) is 0 Å². The van der Waals surface area contributed by atoms with Gasteiger partial charge in [-0.05, 0) is 49.1 Å². The molecule has 0 spiro atoms. The number of aromatic amines is 1. The zero-order valence-electron chi connectivity index (χ0n) is 16.7. The Morgan fingerprint density at radius 3 is 2.52 bits per heavy atom. The van der Waals surface area contributed by atoms with Crippen LogP contribution in [0, 0.1) is 0 Å². The molecule has 0 unspecified atom stereocenters. The van der Waals surface area contributed by atoms with Gasteiger partial charge >= 0.3 is 11.9 Å². The van der Waals surface area contributed by atoms with Crippen LogP contribution in [0.1, 0.15) is 36.4 Å². The molecule has 2 aromatic carbocycles. The Balaban J connectivity index is 1.38. The fourth-order valence-electron chi connectivity index (χ4n) is 4.21. The average Bonchev–Trinajstić information content (AvgIpc) is 3.03. The lowest BCUT2D eigenvalue weighted by molar-refractivity contribution is -0.137. The summed E-state index contributed by atoms with van der Waals surface area (Å²) >= 11 is 0. The molecule has 1 aliphatic carbocycles. The van der Waals surface area contributed by atoms with Gasteiger partial charge in [0.05, 0.1) is 29.1 Å². The molecule has 0 bridgehead atoms. The molecule has 4 rings (SSSR count). The number of nitrogens with one attached hydrogen (secondary N) is 2. The molecule has 1 heterocycles. The van der Waals surface area contributed by atoms with E-state index in [0.29, 0.717) is 24.8 Å². The number of carbonyl (C=O) groups excluding carboxylic acids is 1. The number of nitrogens with zero attached hydrogens (tertiary/aromatic N) is 1. The summed E-state index contributed by atoms with van der Waals surface area (Å²) in [6, 6.07) is 11.8. The summed E-state index contributed by atoms with van der Waals surface area (Å²) in [7, 11) is 0. The highest BCUT2D eigenvalue weighted by molar-refractivity contribution is 5.79. The highest BCUT2D eigenvalue weighted by Crippen LogP contribution is 2.33. The van der Waals surface area contributed by atoms with Gasteiger partial charge in [-0.15, -0.1) is 0 Å². The van der Waals surface area contributed by atoms with Crippen LogP contribution in [0.4, 0.5) is 13.2 Å². The van der Waals surface area contributed by atoms with Crippen molar-refractivity contribution >= 4 is 16.9 Å². The number of alkyl halides is 3. The lowest BCUT2D eigenvalue weighted by Gasteiger charge is -2.32. The Morgan fingerprint density at radius 1 is 1.13 bits per heavy atom. The largest absolute Gasteiger partial charge is 0.416 e. The summed E-state index contributed by atoms with van der Waals surface area (Å²) in [4.78, 5) is 27.7. The Labute approximate surface area is 176 Å². The molecule has 1 aliphatic rings. The van der Waals surface area contributed by atoms with E-state index in [1.54, 1.807) is 4.57 Å². The molecule has 1 saturated carbocycles. The molecular weight excluding hydrogens is 407 g/mol. The van der Waals surface area contributed by atoms with Crippen LogP contribution < -0.4 is 11.0 Å². The van der Waals surface area contributed by atoms with Crippen LogP contribution in [0.5, 0.6) is 0 Å². The summed E-state index contributed by atoms with van der Waals surface area (Å²) in [5.74, 6) is -0.250. The number of fused-ring (bicyclic) bond motifs is 1. The monoisotopic (exact) mass is 429 g/mol. The lowest BCUT2D eigenvalue weighted by Crippen LogP contribution is -2.40. The number of para-hydroxylation sites is 2. The smallest absolute Gasteiger partial charge is 0.353 e. The zero-order chi connectivity index (χ0) is 22.2. The first-order valence-electron chi connectivity index (χ1n) is 10.0. The molecule has 0 radical (unpaired) electrons. The van der Waals surface area contributed by atoms with E-state index in [1.165, 1.54) is 12.1 Å². The number of rotatable bonds is 4. The Kier molecular flexibility index (Phi) is 5.47. The maximum absolute atomic E-state index is 12.7. The van der Waals surface area contributed by atoms with Crippen LogP contribution in [0.15, 0.2) is 65.5 Å². The minimum atomic E-state index is -4.40. The van der Waals surface area contributed by atoms with Crippen molar-refractivity contribution in [1.29, 1.82) is 0 Å². The molecule has 3 aromatic rings. The van der Waals surface area contributed by atoms with E-state index < -0.39 is 11.7 Å². The zero-order valence-corrected chi connectivity index (χ0v) is 16.7. The standard InChI is InChI=1S/C23H22F3N3O2/c1-14-12-17(27-21(30)13-15-6-8-16(9-7-15)23(24,25)26)10-11-19(14)29-20-5-3-2-4-18(20)28-22(29)31/h2-9,17,19H,1,10-13H2,(H,27,30)(H,28,31)/t17-,19-/m1/s1. The van der Waals surface area contributed by atoms with E-state index in [4.69, 9.17) is 0 Å². The van der Waals surface area contributed by atoms with E-state index in [9.17, 15) is 22.8 Å². The number of imidazole rings is 1. The average molecular weight is 429 g/mol. The molecule has 1 aromatic heterocycles. The summed E-state index contributed by atoms with van der Waals surface area (Å²) in [5, 5.41) is 2.94. The van der Waals surface area contributed by atoms with Crippen molar-refractivity contribution in [2.45, 2.75) is 43.9 Å². The van der Waals surface area contributed by atoms with Crippen molar-refractivity contribution < 1.29 is 18.0 Å². The molecule has 5 nitrogen and oxygen atoms in total. The molecule has 1 fully saturated rings. The van der Waals surface area contributed by atoms with Gasteiger partial charge in [0.2, 0.25) is 5.91 Å². The lowest BCUT2D eigenvalue weighted by atomic mass is 9.87. The number of H-pyrrole nitrogens is 1. The van der Waals surface area contributed by atoms with Crippen molar-refractivity contribution in [1.82, 2.24) is 14.9 Å². The van der Waals surface area contributed by atoms with E-state index in [-0.39, 0.29) is 30.1 Å². The summed E-state index contributed by atoms with van der Waals surface area (Å²) in [6.45, 7) is 4.14. The van der Waals surface area contributed by atoms with Crippen LogP contribution in [0.2, 0.25) is 0 Å². The van der Waals surface area contributed by atoms with Crippen LogP contribution in [-0.2, 0) is 17.4 Å². The van der Waals surface area contributed by atoms with Gasteiger partial charge in [0.25, 0.3) is 0 Å². The van der Waals surface area contributed by atoms with Crippen LogP contribution >= 0.6 is 0 Å². The first-order chi connectivity index (χ1) is 14.7. The summed E-state index contributed by atoms with van der Waals surface area (Å²) in [6.07, 6.45) is -2.52. The SMILES string of the molecule is C=C1C[C@H](NC(=O)Cc2ccc(C(F)(F)F)cc2)CC[C@H]1n1c(=O)[nH]c2ccccc21. The second kappa shape index (κ2) is 8.09. The molecule has 31 heavy (non-hydrogen) atoms. The van der Waals surface area contributed by atoms with Gasteiger partial charge in [0.15, 0.2) is 0 Å². The number of hydrogen-bond donors (Lipinski definition) is 2. The predicted molar refractivity (Wildman–Crippen MR) is 112 cm³/mol. The molecule has 8 heteroatoms. The van der Waals surface area contributed by atoms with Crippen LogP contribution in [0.25, 0.3) is 11.0 Å². The Hall–Kier alpha value is -3.29. The molecule has 0 aliphatic heterocycles. The van der Waals surface area contributed by atoms with E-state index in [1.807, 2.05) is 24.3 Å². The molecule has 2 atom stereocenters. The fourth-order valence-corrected chi connectivity index (χ4v) is 4.21. The third-order valence-corrected chi connectivity index (χ3v) is 5.72. The van der Waals surface area contributed by atoms with E-state index >= 15 is 0 Å². The fraction of sp³-hybridized carbons (Fsp3) is 0.304. The topological polar surface area (TPSA) is 66.9 Å². The molecular formula is C23H22F3N3O2. The minimum Gasteiger partial charge on any atom is -0.353 e. The Morgan fingerprint density at radius 2 is 1.84 bits per heavy atom. The van der Waals surface area contributed by atoms with Crippen molar-refractivity contribution in [2.75, 3.05) is 0 Å². The van der Waals surface area contributed by atoms with Crippen LogP contribution in [-0.4, -0.2) is 21.5 Å². The minimum absolute atomic E-state index is 0.00640. The maximum atomic E-state index is 12.7.